The number of hydrogen-bond acceptors (Lipinski definition) is 4. The summed E-state index contributed by atoms with van der Waals surface area (Å²) in [6.07, 6.45) is 1.82. The molecule has 5 nitrogen and oxygen atoms in total. The predicted molar refractivity (Wildman–Crippen MR) is 81.5 cm³/mol. The van der Waals surface area contributed by atoms with Crippen LogP contribution in [0.15, 0.2) is 0 Å². The van der Waals surface area contributed by atoms with Gasteiger partial charge >= 0.3 is 0 Å². The molecule has 20 heavy (non-hydrogen) atoms. The van der Waals surface area contributed by atoms with E-state index >= 15 is 0 Å². The summed E-state index contributed by atoms with van der Waals surface area (Å²) < 4.78 is 5.31. The van der Waals surface area contributed by atoms with E-state index in [1.807, 2.05) is 0 Å². The first kappa shape index (κ1) is 17.4. The van der Waals surface area contributed by atoms with Gasteiger partial charge in [0.25, 0.3) is 0 Å². The van der Waals surface area contributed by atoms with Crippen molar-refractivity contribution in [3.63, 3.8) is 0 Å². The van der Waals surface area contributed by atoms with Gasteiger partial charge in [-0.1, -0.05) is 20.8 Å². The third-order valence-electron chi connectivity index (χ3n) is 3.57. The molecule has 5 heteroatoms. The summed E-state index contributed by atoms with van der Waals surface area (Å²) in [7, 11) is 0. The minimum atomic E-state index is -0.0709. The fraction of sp³-hybridized carbons (Fsp3) is 0.933. The van der Waals surface area contributed by atoms with Gasteiger partial charge in [0.15, 0.2) is 0 Å². The molecule has 1 heterocycles. The summed E-state index contributed by atoms with van der Waals surface area (Å²) in [5, 5.41) is 3.02. The molecule has 0 bridgehead atoms. The highest BCUT2D eigenvalue weighted by Crippen LogP contribution is 2.23. The number of hydrogen-bond donors (Lipinski definition) is 2. The molecular formula is C15H31N3O2. The molecule has 1 saturated heterocycles. The first-order valence-electron chi connectivity index (χ1n) is 7.70. The van der Waals surface area contributed by atoms with Crippen molar-refractivity contribution < 1.29 is 9.53 Å². The van der Waals surface area contributed by atoms with Gasteiger partial charge in [-0.15, -0.1) is 0 Å². The van der Waals surface area contributed by atoms with Crippen molar-refractivity contribution in [3.05, 3.63) is 0 Å². The summed E-state index contributed by atoms with van der Waals surface area (Å²) >= 11 is 0. The molecule has 0 radical (unpaired) electrons. The molecular weight excluding hydrogens is 254 g/mol. The molecule has 1 aliphatic heterocycles. The number of nitrogens with one attached hydrogen (secondary N) is 1. The highest BCUT2D eigenvalue weighted by atomic mass is 16.5. The van der Waals surface area contributed by atoms with Crippen molar-refractivity contribution in [2.75, 3.05) is 45.9 Å². The quantitative estimate of drug-likeness (QED) is 0.680. The highest BCUT2D eigenvalue weighted by Gasteiger charge is 2.23. The van der Waals surface area contributed by atoms with Crippen LogP contribution in [0.3, 0.4) is 0 Å². The molecule has 1 aliphatic rings. The second kappa shape index (κ2) is 8.60. The Morgan fingerprint density at radius 2 is 2.00 bits per heavy atom. The maximum absolute atomic E-state index is 12.1. The van der Waals surface area contributed by atoms with Crippen LogP contribution in [0, 0.1) is 11.3 Å². The second-order valence-electron chi connectivity index (χ2n) is 6.80. The van der Waals surface area contributed by atoms with Crippen LogP contribution in [0.1, 0.15) is 33.6 Å². The number of nitrogens with two attached hydrogens (primary N) is 1. The minimum absolute atomic E-state index is 0.0709. The van der Waals surface area contributed by atoms with Gasteiger partial charge in [-0.2, -0.15) is 0 Å². The zero-order valence-corrected chi connectivity index (χ0v) is 13.3. The van der Waals surface area contributed by atoms with E-state index in [0.717, 1.165) is 52.2 Å². The van der Waals surface area contributed by atoms with Gasteiger partial charge in [-0.25, -0.2) is 0 Å². The van der Waals surface area contributed by atoms with Crippen molar-refractivity contribution in [2.45, 2.75) is 33.6 Å². The number of morpholine rings is 1. The van der Waals surface area contributed by atoms with Gasteiger partial charge in [0.1, 0.15) is 0 Å². The Labute approximate surface area is 123 Å². The fourth-order valence-corrected chi connectivity index (χ4v) is 2.51. The van der Waals surface area contributed by atoms with Gasteiger partial charge < -0.3 is 15.8 Å². The normalized spacial score (nSPS) is 18.8. The van der Waals surface area contributed by atoms with E-state index in [1.165, 1.54) is 0 Å². The van der Waals surface area contributed by atoms with Crippen LogP contribution < -0.4 is 11.1 Å². The molecule has 118 valence electrons. The summed E-state index contributed by atoms with van der Waals surface area (Å²) in [4.78, 5) is 14.5. The summed E-state index contributed by atoms with van der Waals surface area (Å²) in [6.45, 7) is 12.3. The van der Waals surface area contributed by atoms with Gasteiger partial charge in [-0.3, -0.25) is 9.69 Å². The summed E-state index contributed by atoms with van der Waals surface area (Å²) in [6, 6.07) is 0. The SMILES string of the molecule is CC(C)(C)CC(CN)C(=O)NCCCN1CCOCC1. The number of rotatable bonds is 7. The van der Waals surface area contributed by atoms with E-state index in [-0.39, 0.29) is 17.2 Å². The number of amides is 1. The maximum atomic E-state index is 12.1. The van der Waals surface area contributed by atoms with Crippen LogP contribution in [0.25, 0.3) is 0 Å². The number of carbonyl (C=O) groups is 1. The number of ether oxygens (including phenoxy) is 1. The van der Waals surface area contributed by atoms with Gasteiger partial charge in [0, 0.05) is 26.2 Å². The third-order valence-corrected chi connectivity index (χ3v) is 3.57. The Morgan fingerprint density at radius 3 is 2.55 bits per heavy atom. The van der Waals surface area contributed by atoms with E-state index in [9.17, 15) is 4.79 Å². The average Bonchev–Trinajstić information content (AvgIpc) is 2.41. The first-order valence-corrected chi connectivity index (χ1v) is 7.70. The van der Waals surface area contributed by atoms with E-state index < -0.39 is 0 Å². The fourth-order valence-electron chi connectivity index (χ4n) is 2.51. The molecule has 0 aromatic rings. The van der Waals surface area contributed by atoms with E-state index in [2.05, 4.69) is 31.0 Å². The van der Waals surface area contributed by atoms with Gasteiger partial charge in [0.2, 0.25) is 5.91 Å². The van der Waals surface area contributed by atoms with Crippen LogP contribution in [0.2, 0.25) is 0 Å². The first-order chi connectivity index (χ1) is 9.42. The molecule has 1 fully saturated rings. The van der Waals surface area contributed by atoms with Crippen molar-refractivity contribution in [1.82, 2.24) is 10.2 Å². The van der Waals surface area contributed by atoms with Crippen molar-refractivity contribution in [2.24, 2.45) is 17.1 Å². The largest absolute Gasteiger partial charge is 0.379 e. The zero-order chi connectivity index (χ0) is 15.0. The maximum Gasteiger partial charge on any atom is 0.224 e. The molecule has 1 amide bonds. The lowest BCUT2D eigenvalue weighted by atomic mass is 9.84. The van der Waals surface area contributed by atoms with Crippen LogP contribution in [-0.2, 0) is 9.53 Å². The second-order valence-corrected chi connectivity index (χ2v) is 6.80. The zero-order valence-electron chi connectivity index (χ0n) is 13.3. The monoisotopic (exact) mass is 285 g/mol. The van der Waals surface area contributed by atoms with Gasteiger partial charge in [-0.05, 0) is 24.8 Å². The highest BCUT2D eigenvalue weighted by molar-refractivity contribution is 5.78. The smallest absolute Gasteiger partial charge is 0.224 e. The lowest BCUT2D eigenvalue weighted by Gasteiger charge is -2.27. The lowest BCUT2D eigenvalue weighted by molar-refractivity contribution is -0.125. The summed E-state index contributed by atoms with van der Waals surface area (Å²) in [5.74, 6) is 0.0304. The summed E-state index contributed by atoms with van der Waals surface area (Å²) in [5.41, 5.74) is 5.85. The molecule has 0 spiro atoms. The number of carbonyl (C=O) groups excluding carboxylic acids is 1. The minimum Gasteiger partial charge on any atom is -0.379 e. The molecule has 0 aliphatic carbocycles. The lowest BCUT2D eigenvalue weighted by Crippen LogP contribution is -2.40. The Hall–Kier alpha value is -0.650. The molecule has 0 aromatic carbocycles. The predicted octanol–water partition coefficient (Wildman–Crippen LogP) is 0.836. The van der Waals surface area contributed by atoms with Crippen molar-refractivity contribution in [1.29, 1.82) is 0 Å². The molecule has 1 atom stereocenters. The van der Waals surface area contributed by atoms with Crippen LogP contribution in [0.5, 0.6) is 0 Å². The standard InChI is InChI=1S/C15H31N3O2/c1-15(2,3)11-13(12-16)14(19)17-5-4-6-18-7-9-20-10-8-18/h13H,4-12,16H2,1-3H3,(H,17,19). The Kier molecular flexibility index (Phi) is 7.48. The Balaban J connectivity index is 2.17. The Bertz CT molecular complexity index is 283. The van der Waals surface area contributed by atoms with Gasteiger partial charge in [0.05, 0.1) is 19.1 Å². The van der Waals surface area contributed by atoms with E-state index in [0.29, 0.717) is 6.54 Å². The molecule has 0 saturated carbocycles. The molecule has 3 N–H and O–H groups in total. The van der Waals surface area contributed by atoms with Crippen LogP contribution in [-0.4, -0.2) is 56.7 Å². The number of nitrogens with zero attached hydrogens (tertiary/aromatic N) is 1. The topological polar surface area (TPSA) is 67.6 Å². The van der Waals surface area contributed by atoms with Crippen LogP contribution >= 0.6 is 0 Å². The third kappa shape index (κ3) is 7.22. The van der Waals surface area contributed by atoms with Crippen molar-refractivity contribution in [3.8, 4) is 0 Å². The Morgan fingerprint density at radius 1 is 1.35 bits per heavy atom. The average molecular weight is 285 g/mol. The molecule has 1 unspecified atom stereocenters. The molecule has 0 aromatic heterocycles. The van der Waals surface area contributed by atoms with E-state index in [4.69, 9.17) is 10.5 Å². The van der Waals surface area contributed by atoms with Crippen LogP contribution in [0.4, 0.5) is 0 Å². The molecule has 1 rings (SSSR count). The van der Waals surface area contributed by atoms with E-state index in [1.54, 1.807) is 0 Å². The van der Waals surface area contributed by atoms with Crippen molar-refractivity contribution >= 4 is 5.91 Å².